The van der Waals surface area contributed by atoms with Gasteiger partial charge in [-0.2, -0.15) is 0 Å². The second kappa shape index (κ2) is 3.93. The van der Waals surface area contributed by atoms with Crippen LogP contribution in [0.1, 0.15) is 37.5 Å². The highest BCUT2D eigenvalue weighted by molar-refractivity contribution is 7.15. The van der Waals surface area contributed by atoms with Crippen LogP contribution in [-0.2, 0) is 4.79 Å². The third kappa shape index (κ3) is 2.20. The first-order valence-electron chi connectivity index (χ1n) is 5.34. The van der Waals surface area contributed by atoms with Gasteiger partial charge >= 0.3 is 0 Å². The normalized spacial score (nSPS) is 19.1. The van der Waals surface area contributed by atoms with Crippen molar-refractivity contribution in [2.75, 3.05) is 5.32 Å². The van der Waals surface area contributed by atoms with E-state index < -0.39 is 0 Å². The van der Waals surface area contributed by atoms with Crippen molar-refractivity contribution in [2.24, 2.45) is 5.41 Å². The minimum atomic E-state index is -0.167. The van der Waals surface area contributed by atoms with E-state index in [1.807, 2.05) is 6.92 Å². The topological polar surface area (TPSA) is 42.0 Å². The predicted molar refractivity (Wildman–Crippen MR) is 62.1 cm³/mol. The zero-order chi connectivity index (χ0) is 10.9. The standard InChI is InChI=1S/C11H16N2OS/c1-8-7-12-10(15-8)13-9(14)11(2)5-3-4-6-11/h7H,3-6H2,1-2H3,(H,12,13,14). The third-order valence-electron chi connectivity index (χ3n) is 3.10. The lowest BCUT2D eigenvalue weighted by Gasteiger charge is -2.21. The van der Waals surface area contributed by atoms with Crippen LogP contribution in [-0.4, -0.2) is 10.9 Å². The number of nitrogens with zero attached hydrogens (tertiary/aromatic N) is 1. The first-order valence-corrected chi connectivity index (χ1v) is 6.16. The smallest absolute Gasteiger partial charge is 0.232 e. The van der Waals surface area contributed by atoms with E-state index in [1.54, 1.807) is 6.20 Å². The summed E-state index contributed by atoms with van der Waals surface area (Å²) >= 11 is 1.53. The molecule has 1 aliphatic carbocycles. The molecule has 1 amide bonds. The average Bonchev–Trinajstić information content (AvgIpc) is 2.76. The second-order valence-electron chi connectivity index (χ2n) is 4.50. The molecule has 0 unspecified atom stereocenters. The molecule has 2 rings (SSSR count). The molecule has 0 spiro atoms. The highest BCUT2D eigenvalue weighted by Gasteiger charge is 2.36. The van der Waals surface area contributed by atoms with Gasteiger partial charge in [0, 0.05) is 16.5 Å². The van der Waals surface area contributed by atoms with Gasteiger partial charge in [0.05, 0.1) is 0 Å². The molecule has 0 aromatic carbocycles. The Bertz CT molecular complexity index is 366. The summed E-state index contributed by atoms with van der Waals surface area (Å²) in [4.78, 5) is 17.3. The Morgan fingerprint density at radius 2 is 2.20 bits per heavy atom. The van der Waals surface area contributed by atoms with E-state index in [2.05, 4.69) is 17.2 Å². The number of carbonyl (C=O) groups is 1. The molecule has 0 atom stereocenters. The molecule has 0 radical (unpaired) electrons. The van der Waals surface area contributed by atoms with Crippen LogP contribution in [0.15, 0.2) is 6.20 Å². The van der Waals surface area contributed by atoms with Crippen LogP contribution >= 0.6 is 11.3 Å². The Morgan fingerprint density at radius 1 is 1.53 bits per heavy atom. The zero-order valence-electron chi connectivity index (χ0n) is 9.17. The fourth-order valence-electron chi connectivity index (χ4n) is 2.04. The Kier molecular flexibility index (Phi) is 2.78. The fraction of sp³-hybridized carbons (Fsp3) is 0.636. The summed E-state index contributed by atoms with van der Waals surface area (Å²) < 4.78 is 0. The molecule has 1 heterocycles. The summed E-state index contributed by atoms with van der Waals surface area (Å²) in [5.41, 5.74) is -0.167. The third-order valence-corrected chi connectivity index (χ3v) is 3.93. The van der Waals surface area contributed by atoms with Crippen molar-refractivity contribution in [3.63, 3.8) is 0 Å². The lowest BCUT2D eigenvalue weighted by molar-refractivity contribution is -0.124. The number of hydrogen-bond acceptors (Lipinski definition) is 3. The minimum Gasteiger partial charge on any atom is -0.301 e. The maximum atomic E-state index is 12.0. The number of anilines is 1. The fourth-order valence-corrected chi connectivity index (χ4v) is 2.70. The van der Waals surface area contributed by atoms with Gasteiger partial charge in [0.1, 0.15) is 0 Å². The molecule has 1 fully saturated rings. The van der Waals surface area contributed by atoms with E-state index in [1.165, 1.54) is 24.2 Å². The maximum Gasteiger partial charge on any atom is 0.232 e. The molecule has 0 saturated heterocycles. The van der Waals surface area contributed by atoms with Crippen molar-refractivity contribution >= 4 is 22.4 Å². The number of hydrogen-bond donors (Lipinski definition) is 1. The number of amides is 1. The summed E-state index contributed by atoms with van der Waals surface area (Å²) in [7, 11) is 0. The predicted octanol–water partition coefficient (Wildman–Crippen LogP) is 2.97. The molecular formula is C11H16N2OS. The highest BCUT2D eigenvalue weighted by Crippen LogP contribution is 2.38. The van der Waals surface area contributed by atoms with Gasteiger partial charge in [-0.3, -0.25) is 4.79 Å². The molecule has 15 heavy (non-hydrogen) atoms. The molecular weight excluding hydrogens is 208 g/mol. The van der Waals surface area contributed by atoms with Crippen molar-refractivity contribution in [2.45, 2.75) is 39.5 Å². The van der Waals surface area contributed by atoms with Crippen LogP contribution in [0.25, 0.3) is 0 Å². The first kappa shape index (κ1) is 10.6. The molecule has 0 aliphatic heterocycles. The summed E-state index contributed by atoms with van der Waals surface area (Å²) in [5, 5.41) is 3.64. The first-order chi connectivity index (χ1) is 7.10. The van der Waals surface area contributed by atoms with Crippen molar-refractivity contribution in [3.05, 3.63) is 11.1 Å². The molecule has 1 aromatic heterocycles. The van der Waals surface area contributed by atoms with E-state index in [-0.39, 0.29) is 11.3 Å². The molecule has 82 valence electrons. The van der Waals surface area contributed by atoms with Gasteiger partial charge in [-0.15, -0.1) is 11.3 Å². The van der Waals surface area contributed by atoms with Crippen LogP contribution < -0.4 is 5.32 Å². The molecule has 4 heteroatoms. The van der Waals surface area contributed by atoms with Gasteiger partial charge in [0.15, 0.2) is 5.13 Å². The molecule has 1 saturated carbocycles. The molecule has 1 aliphatic rings. The van der Waals surface area contributed by atoms with Gasteiger partial charge in [0.2, 0.25) is 5.91 Å². The number of thiazole rings is 1. The van der Waals surface area contributed by atoms with Crippen molar-refractivity contribution in [1.82, 2.24) is 4.98 Å². The van der Waals surface area contributed by atoms with Crippen LogP contribution in [0, 0.1) is 12.3 Å². The summed E-state index contributed by atoms with van der Waals surface area (Å²) in [6, 6.07) is 0. The zero-order valence-corrected chi connectivity index (χ0v) is 9.99. The number of nitrogens with one attached hydrogen (secondary N) is 1. The Balaban J connectivity index is 2.03. The summed E-state index contributed by atoms with van der Waals surface area (Å²) in [5.74, 6) is 0.134. The minimum absolute atomic E-state index is 0.134. The van der Waals surface area contributed by atoms with Gasteiger partial charge in [-0.05, 0) is 19.8 Å². The SMILES string of the molecule is Cc1cnc(NC(=O)C2(C)CCCC2)s1. The van der Waals surface area contributed by atoms with Crippen molar-refractivity contribution in [3.8, 4) is 0 Å². The largest absolute Gasteiger partial charge is 0.301 e. The Labute approximate surface area is 93.9 Å². The van der Waals surface area contributed by atoms with Gasteiger partial charge in [-0.25, -0.2) is 4.98 Å². The summed E-state index contributed by atoms with van der Waals surface area (Å²) in [6.45, 7) is 4.04. The van der Waals surface area contributed by atoms with Gasteiger partial charge in [0.25, 0.3) is 0 Å². The highest BCUT2D eigenvalue weighted by atomic mass is 32.1. The number of rotatable bonds is 2. The van der Waals surface area contributed by atoms with Gasteiger partial charge in [-0.1, -0.05) is 19.8 Å². The van der Waals surface area contributed by atoms with E-state index in [0.717, 1.165) is 22.9 Å². The van der Waals surface area contributed by atoms with E-state index in [0.29, 0.717) is 0 Å². The summed E-state index contributed by atoms with van der Waals surface area (Å²) in [6.07, 6.45) is 6.13. The quantitative estimate of drug-likeness (QED) is 0.839. The van der Waals surface area contributed by atoms with Crippen molar-refractivity contribution < 1.29 is 4.79 Å². The monoisotopic (exact) mass is 224 g/mol. The van der Waals surface area contributed by atoms with E-state index >= 15 is 0 Å². The second-order valence-corrected chi connectivity index (χ2v) is 5.73. The number of aryl methyl sites for hydroxylation is 1. The maximum absolute atomic E-state index is 12.0. The molecule has 1 N–H and O–H groups in total. The lowest BCUT2D eigenvalue weighted by atomic mass is 9.88. The van der Waals surface area contributed by atoms with E-state index in [9.17, 15) is 4.79 Å². The number of aromatic nitrogens is 1. The Hall–Kier alpha value is -0.900. The molecule has 1 aromatic rings. The van der Waals surface area contributed by atoms with Crippen LogP contribution in [0.4, 0.5) is 5.13 Å². The Morgan fingerprint density at radius 3 is 2.73 bits per heavy atom. The van der Waals surface area contributed by atoms with Gasteiger partial charge < -0.3 is 5.32 Å². The van der Waals surface area contributed by atoms with Crippen LogP contribution in [0.3, 0.4) is 0 Å². The van der Waals surface area contributed by atoms with E-state index in [4.69, 9.17) is 0 Å². The number of carbonyl (C=O) groups excluding carboxylic acids is 1. The molecule has 0 bridgehead atoms. The van der Waals surface area contributed by atoms with Crippen LogP contribution in [0.5, 0.6) is 0 Å². The molecule has 3 nitrogen and oxygen atoms in total. The lowest BCUT2D eigenvalue weighted by Crippen LogP contribution is -2.30. The average molecular weight is 224 g/mol. The van der Waals surface area contributed by atoms with Crippen LogP contribution in [0.2, 0.25) is 0 Å². The van der Waals surface area contributed by atoms with Crippen molar-refractivity contribution in [1.29, 1.82) is 0 Å².